The number of hydrogen-bond acceptors (Lipinski definition) is 3. The number of H-pyrrole nitrogens is 1. The van der Waals surface area contributed by atoms with E-state index in [4.69, 9.17) is 4.74 Å². The number of aromatic nitrogens is 2. The summed E-state index contributed by atoms with van der Waals surface area (Å²) in [7, 11) is 1.65. The summed E-state index contributed by atoms with van der Waals surface area (Å²) in [5.41, 5.74) is 0.579. The van der Waals surface area contributed by atoms with Crippen LogP contribution in [0.2, 0.25) is 0 Å². The van der Waals surface area contributed by atoms with Crippen LogP contribution in [-0.4, -0.2) is 22.1 Å². The number of fused-ring (bicyclic) bond motifs is 1. The molecule has 2 heterocycles. The first-order valence-corrected chi connectivity index (χ1v) is 5.89. The summed E-state index contributed by atoms with van der Waals surface area (Å²) in [6, 6.07) is 0. The zero-order chi connectivity index (χ0) is 12.6. The first-order chi connectivity index (χ1) is 8.06. The molecule has 0 aliphatic rings. The number of aromatic amines is 1. The molecule has 0 fully saturated rings. The third-order valence-electron chi connectivity index (χ3n) is 2.46. The number of halogens is 1. The minimum absolute atomic E-state index is 0.182. The smallest absolute Gasteiger partial charge is 0.340 e. The summed E-state index contributed by atoms with van der Waals surface area (Å²) < 4.78 is 7.05. The second-order valence-corrected chi connectivity index (χ2v) is 4.42. The molecular formula is C11H11BrN2O3. The Bertz CT molecular complexity index is 642. The Morgan fingerprint density at radius 1 is 1.59 bits per heavy atom. The van der Waals surface area contributed by atoms with Crippen molar-refractivity contribution in [2.45, 2.75) is 6.92 Å². The van der Waals surface area contributed by atoms with Gasteiger partial charge in [-0.25, -0.2) is 4.79 Å². The van der Waals surface area contributed by atoms with Gasteiger partial charge in [-0.05, 0) is 22.9 Å². The molecule has 5 nitrogen and oxygen atoms in total. The van der Waals surface area contributed by atoms with Crippen LogP contribution in [0.4, 0.5) is 0 Å². The summed E-state index contributed by atoms with van der Waals surface area (Å²) in [5.74, 6) is -0.437. The number of carbonyl (C=O) groups is 1. The van der Waals surface area contributed by atoms with Gasteiger partial charge in [0.2, 0.25) is 0 Å². The molecule has 0 aliphatic carbocycles. The Balaban J connectivity index is 2.73. The number of nitrogens with one attached hydrogen (secondary N) is 1. The van der Waals surface area contributed by atoms with Gasteiger partial charge in [0.25, 0.3) is 5.56 Å². The predicted octanol–water partition coefficient (Wildman–Crippen LogP) is 1.81. The largest absolute Gasteiger partial charge is 0.462 e. The molecule has 0 saturated heterocycles. The van der Waals surface area contributed by atoms with E-state index in [0.717, 1.165) is 0 Å². The van der Waals surface area contributed by atoms with Crippen LogP contribution >= 0.6 is 15.9 Å². The quantitative estimate of drug-likeness (QED) is 0.860. The standard InChI is InChI=1S/C11H11BrN2O3/c1-3-17-11(16)6-4-13-9-8(6)7(12)5-14(2)10(9)15/h4-5,13H,3H2,1-2H3. The average molecular weight is 299 g/mol. The first kappa shape index (κ1) is 11.9. The number of nitrogens with zero attached hydrogens (tertiary/aromatic N) is 1. The van der Waals surface area contributed by atoms with Gasteiger partial charge in [0.1, 0.15) is 5.52 Å². The first-order valence-electron chi connectivity index (χ1n) is 5.09. The van der Waals surface area contributed by atoms with Crippen molar-refractivity contribution >= 4 is 32.8 Å². The van der Waals surface area contributed by atoms with E-state index >= 15 is 0 Å². The van der Waals surface area contributed by atoms with E-state index in [1.54, 1.807) is 20.2 Å². The van der Waals surface area contributed by atoms with E-state index in [1.165, 1.54) is 10.8 Å². The highest BCUT2D eigenvalue weighted by atomic mass is 79.9. The summed E-state index contributed by atoms with van der Waals surface area (Å²) in [4.78, 5) is 26.3. The third kappa shape index (κ3) is 1.88. The lowest BCUT2D eigenvalue weighted by atomic mass is 10.2. The van der Waals surface area contributed by atoms with Gasteiger partial charge in [-0.1, -0.05) is 0 Å². The number of ether oxygens (including phenoxy) is 1. The van der Waals surface area contributed by atoms with Gasteiger partial charge in [-0.15, -0.1) is 0 Å². The van der Waals surface area contributed by atoms with Gasteiger partial charge < -0.3 is 14.3 Å². The van der Waals surface area contributed by atoms with Crippen molar-refractivity contribution in [3.63, 3.8) is 0 Å². The summed E-state index contributed by atoms with van der Waals surface area (Å²) in [6.45, 7) is 2.04. The molecule has 0 radical (unpaired) electrons. The highest BCUT2D eigenvalue weighted by Gasteiger charge is 2.17. The fraction of sp³-hybridized carbons (Fsp3) is 0.273. The van der Waals surface area contributed by atoms with Crippen LogP contribution in [0, 0.1) is 0 Å². The van der Waals surface area contributed by atoms with Gasteiger partial charge >= 0.3 is 5.97 Å². The lowest BCUT2D eigenvalue weighted by Gasteiger charge is -2.03. The van der Waals surface area contributed by atoms with E-state index in [2.05, 4.69) is 20.9 Å². The van der Waals surface area contributed by atoms with Crippen LogP contribution in [0.25, 0.3) is 10.9 Å². The van der Waals surface area contributed by atoms with E-state index in [9.17, 15) is 9.59 Å². The highest BCUT2D eigenvalue weighted by molar-refractivity contribution is 9.10. The fourth-order valence-corrected chi connectivity index (χ4v) is 2.40. The minimum Gasteiger partial charge on any atom is -0.462 e. The van der Waals surface area contributed by atoms with Gasteiger partial charge in [0.15, 0.2) is 0 Å². The molecule has 17 heavy (non-hydrogen) atoms. The second-order valence-electron chi connectivity index (χ2n) is 3.57. The van der Waals surface area contributed by atoms with E-state index in [1.807, 2.05) is 0 Å². The van der Waals surface area contributed by atoms with Crippen LogP contribution < -0.4 is 5.56 Å². The predicted molar refractivity (Wildman–Crippen MR) is 67.2 cm³/mol. The van der Waals surface area contributed by atoms with Crippen molar-refractivity contribution in [1.29, 1.82) is 0 Å². The number of aryl methyl sites for hydroxylation is 1. The van der Waals surface area contributed by atoms with Gasteiger partial charge in [0, 0.05) is 29.3 Å². The van der Waals surface area contributed by atoms with Crippen LogP contribution in [0.3, 0.4) is 0 Å². The van der Waals surface area contributed by atoms with Crippen molar-refractivity contribution < 1.29 is 9.53 Å². The molecular weight excluding hydrogens is 288 g/mol. The van der Waals surface area contributed by atoms with Crippen molar-refractivity contribution in [1.82, 2.24) is 9.55 Å². The summed E-state index contributed by atoms with van der Waals surface area (Å²) in [5, 5.41) is 0.562. The fourth-order valence-electron chi connectivity index (χ4n) is 1.68. The molecule has 0 spiro atoms. The average Bonchev–Trinajstić information content (AvgIpc) is 2.71. The molecule has 90 valence electrons. The SMILES string of the molecule is CCOC(=O)c1c[nH]c2c(=O)n(C)cc(Br)c12. The molecule has 0 atom stereocenters. The Kier molecular flexibility index (Phi) is 3.06. The van der Waals surface area contributed by atoms with Crippen LogP contribution in [0.15, 0.2) is 21.7 Å². The van der Waals surface area contributed by atoms with Gasteiger partial charge in [-0.2, -0.15) is 0 Å². The van der Waals surface area contributed by atoms with Crippen LogP contribution in [0.5, 0.6) is 0 Å². The van der Waals surface area contributed by atoms with Crippen molar-refractivity contribution in [2.24, 2.45) is 7.05 Å². The molecule has 0 unspecified atom stereocenters. The molecule has 2 aromatic heterocycles. The van der Waals surface area contributed by atoms with E-state index in [0.29, 0.717) is 27.5 Å². The van der Waals surface area contributed by atoms with Crippen LogP contribution in [0.1, 0.15) is 17.3 Å². The molecule has 0 aliphatic heterocycles. The highest BCUT2D eigenvalue weighted by Crippen LogP contribution is 2.25. The number of carbonyl (C=O) groups excluding carboxylic acids is 1. The molecule has 0 bridgehead atoms. The molecule has 0 amide bonds. The minimum atomic E-state index is -0.437. The maximum atomic E-state index is 11.8. The van der Waals surface area contributed by atoms with Crippen molar-refractivity contribution in [2.75, 3.05) is 6.61 Å². The lowest BCUT2D eigenvalue weighted by Crippen LogP contribution is -2.16. The third-order valence-corrected chi connectivity index (χ3v) is 3.06. The molecule has 2 aromatic rings. The molecule has 0 saturated carbocycles. The molecule has 2 rings (SSSR count). The monoisotopic (exact) mass is 298 g/mol. The molecule has 6 heteroatoms. The normalized spacial score (nSPS) is 10.8. The second kappa shape index (κ2) is 4.37. The van der Waals surface area contributed by atoms with E-state index < -0.39 is 5.97 Å². The zero-order valence-electron chi connectivity index (χ0n) is 9.41. The van der Waals surface area contributed by atoms with E-state index in [-0.39, 0.29) is 5.56 Å². The molecule has 1 N–H and O–H groups in total. The number of hydrogen-bond donors (Lipinski definition) is 1. The van der Waals surface area contributed by atoms with Gasteiger partial charge in [0.05, 0.1) is 12.2 Å². The Morgan fingerprint density at radius 3 is 2.94 bits per heavy atom. The van der Waals surface area contributed by atoms with Crippen molar-refractivity contribution in [3.05, 3.63) is 32.8 Å². The number of pyridine rings is 1. The van der Waals surface area contributed by atoms with Crippen LogP contribution in [-0.2, 0) is 11.8 Å². The maximum absolute atomic E-state index is 11.8. The van der Waals surface area contributed by atoms with Crippen molar-refractivity contribution in [3.8, 4) is 0 Å². The zero-order valence-corrected chi connectivity index (χ0v) is 11.0. The van der Waals surface area contributed by atoms with Gasteiger partial charge in [-0.3, -0.25) is 4.79 Å². The Morgan fingerprint density at radius 2 is 2.29 bits per heavy atom. The number of esters is 1. The summed E-state index contributed by atoms with van der Waals surface area (Å²) >= 11 is 3.34. The number of rotatable bonds is 2. The Labute approximate surface area is 106 Å². The lowest BCUT2D eigenvalue weighted by molar-refractivity contribution is 0.0528. The summed E-state index contributed by atoms with van der Waals surface area (Å²) in [6.07, 6.45) is 3.12. The molecule has 0 aromatic carbocycles. The topological polar surface area (TPSA) is 64.1 Å². The Hall–Kier alpha value is -1.56. The maximum Gasteiger partial charge on any atom is 0.340 e.